The van der Waals surface area contributed by atoms with Crippen molar-refractivity contribution < 1.29 is 4.39 Å². The molecule has 5 heteroatoms. The lowest BCUT2D eigenvalue weighted by molar-refractivity contribution is 0.628. The maximum absolute atomic E-state index is 14.0. The number of benzene rings is 8. The maximum Gasteiger partial charge on any atom is 0.164 e. The fourth-order valence-electron chi connectivity index (χ4n) is 7.53. The van der Waals surface area contributed by atoms with Gasteiger partial charge in [0.1, 0.15) is 5.82 Å². The first kappa shape index (κ1) is 30.7. The number of hydrogen-bond donors (Lipinski definition) is 0. The predicted molar refractivity (Wildman–Crippen MR) is 215 cm³/mol. The summed E-state index contributed by atoms with van der Waals surface area (Å²) in [5, 5.41) is 7.66. The van der Waals surface area contributed by atoms with Crippen molar-refractivity contribution in [2.24, 2.45) is 0 Å². The van der Waals surface area contributed by atoms with Crippen LogP contribution in [-0.4, -0.2) is 19.9 Å². The van der Waals surface area contributed by atoms with Crippen molar-refractivity contribution in [3.8, 4) is 56.5 Å². The van der Waals surface area contributed by atoms with Crippen molar-refractivity contribution >= 4 is 43.2 Å². The number of rotatable bonds is 5. The van der Waals surface area contributed by atoms with Gasteiger partial charge in [0.15, 0.2) is 17.5 Å². The van der Waals surface area contributed by atoms with Crippen LogP contribution in [-0.2, 0) is 0 Å². The second-order valence-corrected chi connectivity index (χ2v) is 13.1. The molecule has 4 nitrogen and oxygen atoms in total. The summed E-state index contributed by atoms with van der Waals surface area (Å²) >= 11 is 0. The minimum Gasteiger partial charge on any atom is -0.247 e. The highest BCUT2D eigenvalue weighted by Crippen LogP contribution is 2.42. The number of hydrogen-bond acceptors (Lipinski definition) is 4. The Morgan fingerprint density at radius 1 is 0.302 bits per heavy atom. The monoisotopic (exact) mass is 680 g/mol. The molecule has 0 saturated heterocycles. The molecule has 0 aliphatic carbocycles. The molecule has 8 aromatic carbocycles. The van der Waals surface area contributed by atoms with Gasteiger partial charge in [-0.25, -0.2) is 24.3 Å². The second-order valence-electron chi connectivity index (χ2n) is 13.1. The van der Waals surface area contributed by atoms with Gasteiger partial charge in [-0.3, -0.25) is 0 Å². The Morgan fingerprint density at radius 2 is 0.811 bits per heavy atom. The minimum absolute atomic E-state index is 0.268. The van der Waals surface area contributed by atoms with E-state index in [4.69, 9.17) is 19.9 Å². The summed E-state index contributed by atoms with van der Waals surface area (Å²) in [5.74, 6) is 1.61. The average Bonchev–Trinajstić information content (AvgIpc) is 3.23. The first-order valence-corrected chi connectivity index (χ1v) is 17.6. The molecule has 0 bridgehead atoms. The molecule has 53 heavy (non-hydrogen) atoms. The van der Waals surface area contributed by atoms with Gasteiger partial charge < -0.3 is 0 Å². The summed E-state index contributed by atoms with van der Waals surface area (Å²) in [6, 6.07) is 58.7. The SMILES string of the molecule is Fc1ccc(-c2nc3ccccc3c3c2ccc2c(-c4ccc(-c5nc(-c6ccccc6)nc(-c6ccccc6)n5)c5ccccc45)cccc23)cc1. The number of nitrogens with zero attached hydrogens (tertiary/aromatic N) is 4. The number of fused-ring (bicyclic) bond motifs is 6. The van der Waals surface area contributed by atoms with Crippen LogP contribution in [0.2, 0.25) is 0 Å². The van der Waals surface area contributed by atoms with Crippen LogP contribution >= 0.6 is 0 Å². The Balaban J connectivity index is 1.20. The molecule has 0 atom stereocenters. The van der Waals surface area contributed by atoms with Crippen LogP contribution in [0.1, 0.15) is 0 Å². The molecule has 0 saturated carbocycles. The van der Waals surface area contributed by atoms with Gasteiger partial charge in [-0.2, -0.15) is 0 Å². The van der Waals surface area contributed by atoms with E-state index in [2.05, 4.69) is 78.9 Å². The summed E-state index contributed by atoms with van der Waals surface area (Å²) in [6.07, 6.45) is 0. The minimum atomic E-state index is -0.268. The fourth-order valence-corrected chi connectivity index (χ4v) is 7.53. The molecular formula is C48H29FN4. The Hall–Kier alpha value is -7.11. The number of halogens is 1. The fraction of sp³-hybridized carbons (Fsp3) is 0. The van der Waals surface area contributed by atoms with Gasteiger partial charge in [0, 0.05) is 38.4 Å². The summed E-state index contributed by atoms with van der Waals surface area (Å²) in [4.78, 5) is 20.1. The van der Waals surface area contributed by atoms with E-state index in [1.807, 2.05) is 72.8 Å². The van der Waals surface area contributed by atoms with Gasteiger partial charge in [0.05, 0.1) is 11.2 Å². The van der Waals surface area contributed by atoms with Crippen LogP contribution in [0, 0.1) is 5.82 Å². The van der Waals surface area contributed by atoms with Crippen LogP contribution in [0.5, 0.6) is 0 Å². The van der Waals surface area contributed by atoms with Crippen LogP contribution < -0.4 is 0 Å². The molecule has 0 aliphatic heterocycles. The van der Waals surface area contributed by atoms with Crippen LogP contribution in [0.4, 0.5) is 4.39 Å². The Labute approximate surface area is 304 Å². The number of aromatic nitrogens is 4. The molecule has 0 unspecified atom stereocenters. The quantitative estimate of drug-likeness (QED) is 0.170. The van der Waals surface area contributed by atoms with E-state index in [0.717, 1.165) is 82.3 Å². The van der Waals surface area contributed by atoms with E-state index < -0.39 is 0 Å². The highest BCUT2D eigenvalue weighted by molar-refractivity contribution is 6.24. The van der Waals surface area contributed by atoms with Gasteiger partial charge in [-0.1, -0.05) is 140 Å². The smallest absolute Gasteiger partial charge is 0.164 e. The summed E-state index contributed by atoms with van der Waals surface area (Å²) < 4.78 is 14.0. The normalized spacial score (nSPS) is 11.5. The summed E-state index contributed by atoms with van der Waals surface area (Å²) in [7, 11) is 0. The topological polar surface area (TPSA) is 51.6 Å². The molecule has 0 aliphatic rings. The second kappa shape index (κ2) is 12.6. The van der Waals surface area contributed by atoms with E-state index >= 15 is 0 Å². The molecule has 0 N–H and O–H groups in total. The van der Waals surface area contributed by atoms with Gasteiger partial charge >= 0.3 is 0 Å². The summed E-state index contributed by atoms with van der Waals surface area (Å²) in [6.45, 7) is 0. The summed E-state index contributed by atoms with van der Waals surface area (Å²) in [5.41, 5.74) is 7.66. The zero-order valence-electron chi connectivity index (χ0n) is 28.4. The zero-order chi connectivity index (χ0) is 35.3. The van der Waals surface area contributed by atoms with E-state index in [1.54, 1.807) is 12.1 Å². The first-order valence-electron chi connectivity index (χ1n) is 17.6. The molecule has 0 spiro atoms. The third-order valence-electron chi connectivity index (χ3n) is 9.99. The van der Waals surface area contributed by atoms with E-state index in [0.29, 0.717) is 17.5 Å². The Bertz CT molecular complexity index is 2940. The van der Waals surface area contributed by atoms with Crippen molar-refractivity contribution in [3.05, 3.63) is 182 Å². The first-order chi connectivity index (χ1) is 26.2. The largest absolute Gasteiger partial charge is 0.247 e. The lowest BCUT2D eigenvalue weighted by Crippen LogP contribution is -2.00. The molecular weight excluding hydrogens is 652 g/mol. The van der Waals surface area contributed by atoms with Gasteiger partial charge in [0.2, 0.25) is 0 Å². The van der Waals surface area contributed by atoms with E-state index in [1.165, 1.54) is 12.1 Å². The molecule has 10 aromatic rings. The lowest BCUT2D eigenvalue weighted by atomic mass is 9.89. The average molecular weight is 681 g/mol. The molecule has 10 rings (SSSR count). The zero-order valence-corrected chi connectivity index (χ0v) is 28.4. The predicted octanol–water partition coefficient (Wildman–Crippen LogP) is 12.4. The van der Waals surface area contributed by atoms with Crippen molar-refractivity contribution in [1.82, 2.24) is 19.9 Å². The highest BCUT2D eigenvalue weighted by atomic mass is 19.1. The van der Waals surface area contributed by atoms with Gasteiger partial charge in [-0.15, -0.1) is 0 Å². The third-order valence-corrected chi connectivity index (χ3v) is 9.99. The standard InChI is InChI=1S/C48H29FN4/c49-33-24-22-30(23-25-33)45-42-29-27-38-35(19-11-20-39(38)44(42)41-18-9-10-21-43(41)50-45)37-26-28-40(36-17-8-7-16-34(36)37)48-52-46(31-12-3-1-4-13-31)51-47(53-48)32-14-5-2-6-15-32/h1-29H. The Kier molecular flexibility index (Phi) is 7.29. The number of pyridine rings is 1. The molecule has 248 valence electrons. The molecule has 0 amide bonds. The van der Waals surface area contributed by atoms with Crippen molar-refractivity contribution in [2.75, 3.05) is 0 Å². The highest BCUT2D eigenvalue weighted by Gasteiger charge is 2.19. The molecule has 2 heterocycles. The van der Waals surface area contributed by atoms with Crippen molar-refractivity contribution in [3.63, 3.8) is 0 Å². The van der Waals surface area contributed by atoms with Crippen LogP contribution in [0.3, 0.4) is 0 Å². The third kappa shape index (κ3) is 5.29. The van der Waals surface area contributed by atoms with Gasteiger partial charge in [-0.05, 0) is 69.1 Å². The maximum atomic E-state index is 14.0. The molecule has 2 aromatic heterocycles. The number of para-hydroxylation sites is 1. The lowest BCUT2D eigenvalue weighted by Gasteiger charge is -2.16. The van der Waals surface area contributed by atoms with Crippen molar-refractivity contribution in [2.45, 2.75) is 0 Å². The van der Waals surface area contributed by atoms with Crippen molar-refractivity contribution in [1.29, 1.82) is 0 Å². The van der Waals surface area contributed by atoms with E-state index in [-0.39, 0.29) is 5.82 Å². The van der Waals surface area contributed by atoms with Gasteiger partial charge in [0.25, 0.3) is 0 Å². The molecule has 0 fully saturated rings. The van der Waals surface area contributed by atoms with Crippen LogP contribution in [0.25, 0.3) is 99.8 Å². The van der Waals surface area contributed by atoms with Crippen LogP contribution in [0.15, 0.2) is 176 Å². The molecule has 0 radical (unpaired) electrons. The van der Waals surface area contributed by atoms with E-state index in [9.17, 15) is 4.39 Å². The Morgan fingerprint density at radius 3 is 1.51 bits per heavy atom.